The minimum Gasteiger partial charge on any atom is -0.135 e. The highest BCUT2D eigenvalue weighted by atomic mass is 79.9. The number of hydrogen-bond acceptors (Lipinski definition) is 2. The molecule has 13 heavy (non-hydrogen) atoms. The zero-order valence-electron chi connectivity index (χ0n) is 6.23. The average Bonchev–Trinajstić information content (AvgIpc) is 2.16. The van der Waals surface area contributed by atoms with Gasteiger partial charge in [0, 0.05) is 44.8 Å². The minimum absolute atomic E-state index is 1.87. The highest BCUT2D eigenvalue weighted by Crippen LogP contribution is 1.65. The Hall–Kier alpha value is -2.12. The molecule has 0 radical (unpaired) electrons. The molecule has 0 heterocycles. The lowest BCUT2D eigenvalue weighted by atomic mass is 10.5. The monoisotopic (exact) mass is 229 g/mol. The molecule has 0 bridgehead atoms. The van der Waals surface area contributed by atoms with Crippen molar-refractivity contribution in [3.8, 4) is 58.2 Å². The maximum absolute atomic E-state index is 9.44. The van der Waals surface area contributed by atoms with Gasteiger partial charge in [-0.15, -0.1) is 4.91 Å². The van der Waals surface area contributed by atoms with E-state index in [1.807, 2.05) is 6.04 Å². The first-order valence-electron chi connectivity index (χ1n) is 2.85. The van der Waals surface area contributed by atoms with Gasteiger partial charge in [-0.1, -0.05) is 0 Å². The molecule has 0 atom stereocenters. The molecular formula is C10BrNO. The lowest BCUT2D eigenvalue weighted by Crippen LogP contribution is -1.53. The van der Waals surface area contributed by atoms with Crippen LogP contribution >= 0.6 is 15.9 Å². The maximum atomic E-state index is 9.44. The second kappa shape index (κ2) is 9.88. The summed E-state index contributed by atoms with van der Waals surface area (Å²) in [6.45, 7) is 0. The van der Waals surface area contributed by atoms with Gasteiger partial charge in [0.15, 0.2) is 0 Å². The third-order valence-corrected chi connectivity index (χ3v) is 0.785. The Labute approximate surface area is 84.6 Å². The third kappa shape index (κ3) is 9.88. The zero-order valence-corrected chi connectivity index (χ0v) is 7.82. The van der Waals surface area contributed by atoms with Gasteiger partial charge < -0.3 is 0 Å². The summed E-state index contributed by atoms with van der Waals surface area (Å²) in [6, 6.07) is 1.87. The molecule has 0 amide bonds. The summed E-state index contributed by atoms with van der Waals surface area (Å²) in [5.74, 6) is 18.9. The molecule has 0 saturated heterocycles. The number of halogens is 1. The van der Waals surface area contributed by atoms with Crippen LogP contribution in [0.5, 0.6) is 0 Å². The SMILES string of the molecule is O=NC#CC#CC#CC#CC#CBr. The highest BCUT2D eigenvalue weighted by molar-refractivity contribution is 9.12. The molecule has 0 N–H and O–H groups in total. The Kier molecular flexibility index (Phi) is 8.27. The Morgan fingerprint density at radius 2 is 1.23 bits per heavy atom. The fraction of sp³-hybridized carbons (Fsp3) is 0. The molecule has 0 saturated carbocycles. The second-order valence-corrected chi connectivity index (χ2v) is 1.69. The molecule has 0 aliphatic rings. The molecular weight excluding hydrogens is 230 g/mol. The molecule has 0 aromatic rings. The van der Waals surface area contributed by atoms with E-state index < -0.39 is 0 Å². The first kappa shape index (κ1) is 10.9. The van der Waals surface area contributed by atoms with Crippen molar-refractivity contribution in [3.63, 3.8) is 0 Å². The molecule has 0 aliphatic carbocycles. The van der Waals surface area contributed by atoms with Gasteiger partial charge in [0.2, 0.25) is 0 Å². The van der Waals surface area contributed by atoms with E-state index >= 15 is 0 Å². The van der Waals surface area contributed by atoms with E-state index in [4.69, 9.17) is 0 Å². The van der Waals surface area contributed by atoms with E-state index in [1.54, 1.807) is 0 Å². The van der Waals surface area contributed by atoms with Crippen molar-refractivity contribution in [2.24, 2.45) is 5.18 Å². The van der Waals surface area contributed by atoms with Crippen molar-refractivity contribution in [1.29, 1.82) is 0 Å². The molecule has 3 heteroatoms. The van der Waals surface area contributed by atoms with E-state index in [1.165, 1.54) is 0 Å². The van der Waals surface area contributed by atoms with Gasteiger partial charge in [0.1, 0.15) is 0 Å². The van der Waals surface area contributed by atoms with E-state index in [-0.39, 0.29) is 0 Å². The standard InChI is InChI=1S/C10BrNO/c11-9-7-5-3-1-2-4-6-8-10-12-13. The number of rotatable bonds is 0. The summed E-state index contributed by atoms with van der Waals surface area (Å²) >= 11 is 2.86. The Bertz CT molecular complexity index is 478. The number of nitroso groups, excluding NO2 is 1. The van der Waals surface area contributed by atoms with Crippen molar-refractivity contribution in [2.75, 3.05) is 0 Å². The summed E-state index contributed by atoms with van der Waals surface area (Å²) < 4.78 is 0. The predicted octanol–water partition coefficient (Wildman–Crippen LogP) is 1.08. The van der Waals surface area contributed by atoms with Crippen molar-refractivity contribution < 1.29 is 0 Å². The van der Waals surface area contributed by atoms with E-state index in [0.717, 1.165) is 0 Å². The Balaban J connectivity index is 4.11. The fourth-order valence-corrected chi connectivity index (χ4v) is 0.361. The molecule has 0 unspecified atom stereocenters. The second-order valence-electron chi connectivity index (χ2n) is 1.30. The van der Waals surface area contributed by atoms with Gasteiger partial charge in [-0.3, -0.25) is 0 Å². The summed E-state index contributed by atoms with van der Waals surface area (Å²) in [5.41, 5.74) is 0. The van der Waals surface area contributed by atoms with Crippen LogP contribution in [0, 0.1) is 63.1 Å². The Morgan fingerprint density at radius 1 is 0.769 bits per heavy atom. The smallest absolute Gasteiger partial charge is 0.0948 e. The van der Waals surface area contributed by atoms with Crippen molar-refractivity contribution in [1.82, 2.24) is 0 Å². The quantitative estimate of drug-likeness (QED) is 0.452. The molecule has 0 aliphatic heterocycles. The van der Waals surface area contributed by atoms with Crippen LogP contribution in [-0.4, -0.2) is 0 Å². The Morgan fingerprint density at radius 3 is 1.69 bits per heavy atom. The first-order chi connectivity index (χ1) is 6.41. The van der Waals surface area contributed by atoms with E-state index in [0.29, 0.717) is 0 Å². The summed E-state index contributed by atoms with van der Waals surface area (Å²) in [7, 11) is 0. The topological polar surface area (TPSA) is 29.4 Å². The van der Waals surface area contributed by atoms with Crippen LogP contribution in [0.3, 0.4) is 0 Å². The summed E-state index contributed by atoms with van der Waals surface area (Å²) in [6.07, 6.45) is 0. The van der Waals surface area contributed by atoms with Crippen molar-refractivity contribution >= 4 is 15.9 Å². The number of nitrogens with zero attached hydrogens (tertiary/aromatic N) is 1. The molecule has 0 aromatic carbocycles. The van der Waals surface area contributed by atoms with Crippen LogP contribution in [0.25, 0.3) is 0 Å². The fourth-order valence-electron chi connectivity index (χ4n) is 0.262. The molecule has 0 fully saturated rings. The van der Waals surface area contributed by atoms with Crippen LogP contribution in [0.2, 0.25) is 0 Å². The summed E-state index contributed by atoms with van der Waals surface area (Å²) in [5, 5.41) is 2.28. The van der Waals surface area contributed by atoms with Gasteiger partial charge in [0.05, 0.1) is 6.04 Å². The number of hydrogen-bond donors (Lipinski definition) is 0. The van der Waals surface area contributed by atoms with E-state index in [2.05, 4.69) is 73.3 Å². The average molecular weight is 230 g/mol. The third-order valence-electron chi connectivity index (χ3n) is 0.586. The first-order valence-corrected chi connectivity index (χ1v) is 3.64. The van der Waals surface area contributed by atoms with Gasteiger partial charge in [-0.05, 0) is 28.5 Å². The van der Waals surface area contributed by atoms with Crippen molar-refractivity contribution in [2.45, 2.75) is 0 Å². The molecule has 0 aromatic heterocycles. The summed E-state index contributed by atoms with van der Waals surface area (Å²) in [4.78, 5) is 11.8. The van der Waals surface area contributed by atoms with Crippen molar-refractivity contribution in [3.05, 3.63) is 4.91 Å². The van der Waals surface area contributed by atoms with Gasteiger partial charge in [0.25, 0.3) is 0 Å². The minimum atomic E-state index is 1.87. The van der Waals surface area contributed by atoms with Crippen LogP contribution in [0.1, 0.15) is 0 Å². The lowest BCUT2D eigenvalue weighted by molar-refractivity contribution is 1.65. The maximum Gasteiger partial charge on any atom is 0.0948 e. The van der Waals surface area contributed by atoms with Crippen LogP contribution < -0.4 is 0 Å². The van der Waals surface area contributed by atoms with Crippen LogP contribution in [0.15, 0.2) is 5.18 Å². The molecule has 0 spiro atoms. The zero-order chi connectivity index (χ0) is 9.78. The largest absolute Gasteiger partial charge is 0.135 e. The van der Waals surface area contributed by atoms with Gasteiger partial charge in [-0.25, -0.2) is 0 Å². The highest BCUT2D eigenvalue weighted by Gasteiger charge is 1.56. The lowest BCUT2D eigenvalue weighted by Gasteiger charge is -1.54. The molecule has 58 valence electrons. The predicted molar refractivity (Wildman–Crippen MR) is 53.6 cm³/mol. The molecule has 2 nitrogen and oxygen atoms in total. The normalized spacial score (nSPS) is 4.08. The van der Waals surface area contributed by atoms with Gasteiger partial charge >= 0.3 is 0 Å². The van der Waals surface area contributed by atoms with E-state index in [9.17, 15) is 4.91 Å². The van der Waals surface area contributed by atoms with Gasteiger partial charge in [-0.2, -0.15) is 0 Å². The van der Waals surface area contributed by atoms with Crippen LogP contribution in [-0.2, 0) is 0 Å². The van der Waals surface area contributed by atoms with Crippen LogP contribution in [0.4, 0.5) is 0 Å². The molecule has 0 rings (SSSR count).